The number of anilines is 1. The summed E-state index contributed by atoms with van der Waals surface area (Å²) < 4.78 is 1.69. The van der Waals surface area contributed by atoms with E-state index in [1.54, 1.807) is 29.9 Å². The highest BCUT2D eigenvalue weighted by molar-refractivity contribution is 5.91. The zero-order valence-corrected chi connectivity index (χ0v) is 15.6. The Kier molecular flexibility index (Phi) is 5.35. The number of carbonyl (C=O) groups is 2. The Morgan fingerprint density at radius 1 is 1.14 bits per heavy atom. The van der Waals surface area contributed by atoms with E-state index in [1.807, 2.05) is 30.3 Å². The van der Waals surface area contributed by atoms with E-state index < -0.39 is 17.4 Å². The van der Waals surface area contributed by atoms with Crippen LogP contribution >= 0.6 is 0 Å². The molecule has 7 heteroatoms. The first-order chi connectivity index (χ1) is 13.4. The van der Waals surface area contributed by atoms with E-state index in [1.165, 1.54) is 6.08 Å². The van der Waals surface area contributed by atoms with Crippen LogP contribution in [0.2, 0.25) is 0 Å². The standard InChI is InChI=1S/C12H14O4.C9H9N3/c1-7-2-3-8(10(13)14)6-12(7,11(15)16)9-4-5-9;10-9-6-7-11-12(9)8-4-2-1-3-5-8/h2-3,9H,4-6H2,1H3,(H,13,14)(H,15,16);1-7H,10H2. The molecule has 4 rings (SSSR count). The molecular formula is C21H23N3O4. The van der Waals surface area contributed by atoms with Crippen LogP contribution in [0.1, 0.15) is 26.2 Å². The van der Waals surface area contributed by atoms with Crippen molar-refractivity contribution in [1.82, 2.24) is 9.78 Å². The lowest BCUT2D eigenvalue weighted by molar-refractivity contribution is -0.148. The molecular weight excluding hydrogens is 358 g/mol. The highest BCUT2D eigenvalue weighted by Gasteiger charge is 2.53. The van der Waals surface area contributed by atoms with Crippen molar-refractivity contribution >= 4 is 17.8 Å². The monoisotopic (exact) mass is 381 g/mol. The highest BCUT2D eigenvalue weighted by Crippen LogP contribution is 2.54. The molecule has 1 heterocycles. The Bertz CT molecular complexity index is 942. The second kappa shape index (κ2) is 7.72. The number of carboxylic acid groups (broad SMARTS) is 2. The number of allylic oxidation sites excluding steroid dienone is 2. The molecule has 2 aromatic rings. The maximum absolute atomic E-state index is 11.5. The minimum Gasteiger partial charge on any atom is -0.481 e. The topological polar surface area (TPSA) is 118 Å². The molecule has 28 heavy (non-hydrogen) atoms. The van der Waals surface area contributed by atoms with E-state index in [9.17, 15) is 14.7 Å². The summed E-state index contributed by atoms with van der Waals surface area (Å²) in [5.74, 6) is -1.16. The van der Waals surface area contributed by atoms with E-state index in [-0.39, 0.29) is 17.9 Å². The molecule has 0 bridgehead atoms. The summed E-state index contributed by atoms with van der Waals surface area (Å²) in [5, 5.41) is 22.4. The molecule has 1 atom stereocenters. The first-order valence-electron chi connectivity index (χ1n) is 9.06. The van der Waals surface area contributed by atoms with Gasteiger partial charge in [-0.2, -0.15) is 5.10 Å². The zero-order chi connectivity index (χ0) is 20.3. The van der Waals surface area contributed by atoms with E-state index in [0.29, 0.717) is 5.82 Å². The van der Waals surface area contributed by atoms with Gasteiger partial charge < -0.3 is 15.9 Å². The summed E-state index contributed by atoms with van der Waals surface area (Å²) in [4.78, 5) is 22.4. The lowest BCUT2D eigenvalue weighted by Crippen LogP contribution is -2.37. The number of nitrogens with zero attached hydrogens (tertiary/aromatic N) is 2. The van der Waals surface area contributed by atoms with Gasteiger partial charge in [-0.3, -0.25) is 4.79 Å². The van der Waals surface area contributed by atoms with Gasteiger partial charge in [0.15, 0.2) is 0 Å². The number of nitrogens with two attached hydrogens (primary N) is 1. The number of benzene rings is 1. The van der Waals surface area contributed by atoms with Crippen LogP contribution in [-0.2, 0) is 9.59 Å². The van der Waals surface area contributed by atoms with Crippen LogP contribution in [0.15, 0.2) is 65.9 Å². The molecule has 1 saturated carbocycles. The van der Waals surface area contributed by atoms with Gasteiger partial charge in [0, 0.05) is 11.6 Å². The first-order valence-corrected chi connectivity index (χ1v) is 9.06. The van der Waals surface area contributed by atoms with Crippen LogP contribution in [0.25, 0.3) is 5.69 Å². The van der Waals surface area contributed by atoms with Crippen LogP contribution in [0.5, 0.6) is 0 Å². The summed E-state index contributed by atoms with van der Waals surface area (Å²) in [6.45, 7) is 1.78. The molecule has 146 valence electrons. The summed E-state index contributed by atoms with van der Waals surface area (Å²) >= 11 is 0. The van der Waals surface area contributed by atoms with E-state index in [2.05, 4.69) is 5.10 Å². The van der Waals surface area contributed by atoms with E-state index in [0.717, 1.165) is 24.1 Å². The molecule has 1 unspecified atom stereocenters. The van der Waals surface area contributed by atoms with Crippen LogP contribution in [0.4, 0.5) is 5.82 Å². The second-order valence-electron chi connectivity index (χ2n) is 7.08. The Morgan fingerprint density at radius 2 is 1.82 bits per heavy atom. The van der Waals surface area contributed by atoms with Gasteiger partial charge in [-0.1, -0.05) is 35.9 Å². The fourth-order valence-corrected chi connectivity index (χ4v) is 3.58. The van der Waals surface area contributed by atoms with Gasteiger partial charge in [-0.15, -0.1) is 0 Å². The number of aliphatic carboxylic acids is 2. The number of rotatable bonds is 4. The van der Waals surface area contributed by atoms with Crippen molar-refractivity contribution in [3.8, 4) is 5.69 Å². The van der Waals surface area contributed by atoms with Crippen LogP contribution < -0.4 is 5.73 Å². The third-order valence-corrected chi connectivity index (χ3v) is 5.31. The minimum absolute atomic E-state index is 0.101. The van der Waals surface area contributed by atoms with Gasteiger partial charge in [-0.25, -0.2) is 9.48 Å². The average Bonchev–Trinajstić information content (AvgIpc) is 3.44. The molecule has 1 fully saturated rings. The largest absolute Gasteiger partial charge is 0.481 e. The second-order valence-corrected chi connectivity index (χ2v) is 7.08. The quantitative estimate of drug-likeness (QED) is 0.748. The summed E-state index contributed by atoms with van der Waals surface area (Å²) in [7, 11) is 0. The maximum atomic E-state index is 11.5. The molecule has 1 aromatic carbocycles. The number of hydrogen-bond donors (Lipinski definition) is 3. The van der Waals surface area contributed by atoms with Crippen molar-refractivity contribution in [2.24, 2.45) is 11.3 Å². The Hall–Kier alpha value is -3.35. The van der Waals surface area contributed by atoms with Gasteiger partial charge in [0.05, 0.1) is 17.3 Å². The van der Waals surface area contributed by atoms with Crippen molar-refractivity contribution in [2.75, 3.05) is 5.73 Å². The number of aromatic nitrogens is 2. The van der Waals surface area contributed by atoms with Crippen LogP contribution in [0, 0.1) is 11.3 Å². The molecule has 2 aliphatic rings. The number of nitrogen functional groups attached to an aromatic ring is 1. The third kappa shape index (κ3) is 3.69. The van der Waals surface area contributed by atoms with Gasteiger partial charge >= 0.3 is 11.9 Å². The summed E-state index contributed by atoms with van der Waals surface area (Å²) in [6.07, 6.45) is 6.71. The molecule has 7 nitrogen and oxygen atoms in total. The predicted molar refractivity (Wildman–Crippen MR) is 105 cm³/mol. The molecule has 2 aliphatic carbocycles. The van der Waals surface area contributed by atoms with Gasteiger partial charge in [-0.05, 0) is 44.2 Å². The van der Waals surface area contributed by atoms with Crippen molar-refractivity contribution in [2.45, 2.75) is 26.2 Å². The van der Waals surface area contributed by atoms with Gasteiger partial charge in [0.2, 0.25) is 0 Å². The smallest absolute Gasteiger partial charge is 0.331 e. The average molecular weight is 381 g/mol. The fourth-order valence-electron chi connectivity index (χ4n) is 3.58. The fraction of sp³-hybridized carbons (Fsp3) is 0.286. The molecule has 0 amide bonds. The Labute approximate surface area is 162 Å². The molecule has 1 aromatic heterocycles. The van der Waals surface area contributed by atoms with Gasteiger partial charge in [0.1, 0.15) is 5.82 Å². The predicted octanol–water partition coefficient (Wildman–Crippen LogP) is 3.28. The molecule has 0 spiro atoms. The van der Waals surface area contributed by atoms with Crippen molar-refractivity contribution in [3.63, 3.8) is 0 Å². The van der Waals surface area contributed by atoms with Gasteiger partial charge in [0.25, 0.3) is 0 Å². The Morgan fingerprint density at radius 3 is 2.32 bits per heavy atom. The number of hydrogen-bond acceptors (Lipinski definition) is 4. The Balaban J connectivity index is 0.000000167. The third-order valence-electron chi connectivity index (χ3n) is 5.31. The lowest BCUT2D eigenvalue weighted by atomic mass is 9.69. The first kappa shape index (κ1) is 19.4. The van der Waals surface area contributed by atoms with Crippen molar-refractivity contribution in [3.05, 3.63) is 65.9 Å². The number of carboxylic acids is 2. The zero-order valence-electron chi connectivity index (χ0n) is 15.6. The van der Waals surface area contributed by atoms with E-state index >= 15 is 0 Å². The van der Waals surface area contributed by atoms with Crippen LogP contribution in [0.3, 0.4) is 0 Å². The molecule has 0 saturated heterocycles. The normalized spacial score (nSPS) is 21.0. The number of para-hydroxylation sites is 1. The molecule has 0 radical (unpaired) electrons. The molecule has 0 aliphatic heterocycles. The summed E-state index contributed by atoms with van der Waals surface area (Å²) in [6, 6.07) is 11.6. The highest BCUT2D eigenvalue weighted by atomic mass is 16.4. The van der Waals surface area contributed by atoms with Crippen molar-refractivity contribution < 1.29 is 19.8 Å². The lowest BCUT2D eigenvalue weighted by Gasteiger charge is -2.33. The SMILES string of the molecule is CC1=CC=C(C(=O)O)CC1(C(=O)O)C1CC1.Nc1ccnn1-c1ccccc1. The van der Waals surface area contributed by atoms with Crippen LogP contribution in [-0.4, -0.2) is 31.9 Å². The van der Waals surface area contributed by atoms with E-state index in [4.69, 9.17) is 10.8 Å². The minimum atomic E-state index is -1.02. The molecule has 4 N–H and O–H groups in total. The summed E-state index contributed by atoms with van der Waals surface area (Å²) in [5.41, 5.74) is 6.65. The maximum Gasteiger partial charge on any atom is 0.331 e. The van der Waals surface area contributed by atoms with Crippen molar-refractivity contribution in [1.29, 1.82) is 0 Å².